The summed E-state index contributed by atoms with van der Waals surface area (Å²) in [6, 6.07) is 9.86. The molecule has 170 valence electrons. The number of hydrogen-bond donors (Lipinski definition) is 1. The molecule has 2 aromatic heterocycles. The van der Waals surface area contributed by atoms with Crippen LogP contribution in [0.4, 0.5) is 5.69 Å². The Morgan fingerprint density at radius 2 is 1.91 bits per heavy atom. The van der Waals surface area contributed by atoms with Crippen molar-refractivity contribution in [1.29, 1.82) is 0 Å². The first-order chi connectivity index (χ1) is 15.9. The lowest BCUT2D eigenvalue weighted by molar-refractivity contribution is 0.0601. The van der Waals surface area contributed by atoms with E-state index in [2.05, 4.69) is 10.5 Å². The fraction of sp³-hybridized carbons (Fsp3) is 0.250. The van der Waals surface area contributed by atoms with Gasteiger partial charge in [-0.15, -0.1) is 0 Å². The second kappa shape index (κ2) is 9.15. The third-order valence-electron chi connectivity index (χ3n) is 5.53. The summed E-state index contributed by atoms with van der Waals surface area (Å²) in [6.45, 7) is 1.78. The molecule has 1 N–H and O–H groups in total. The number of carbonyl (C=O) groups is 3. The summed E-state index contributed by atoms with van der Waals surface area (Å²) in [4.78, 5) is 39.0. The standard InChI is InChI=1S/C24H23N3O6/c1-14-20-16(25-26-22(28)19-12-7-13-32-19)9-6-11-18(20)33-21(14)23(29)27(2)17-10-5-4-8-15(17)24(30)31-3/h4-5,7-8,10,12-13H,6,9,11H2,1-3H3,(H,26,28)/b25-16+. The zero-order valence-corrected chi connectivity index (χ0v) is 18.5. The summed E-state index contributed by atoms with van der Waals surface area (Å²) < 4.78 is 15.9. The van der Waals surface area contributed by atoms with Crippen LogP contribution in [0.15, 0.2) is 56.6 Å². The van der Waals surface area contributed by atoms with Crippen molar-refractivity contribution in [3.8, 4) is 0 Å². The number of esters is 1. The highest BCUT2D eigenvalue weighted by molar-refractivity contribution is 6.11. The fourth-order valence-corrected chi connectivity index (χ4v) is 3.88. The number of carbonyl (C=O) groups excluding carboxylic acids is 3. The van der Waals surface area contributed by atoms with Crippen LogP contribution in [0, 0.1) is 6.92 Å². The van der Waals surface area contributed by atoms with Crippen molar-refractivity contribution in [2.45, 2.75) is 26.2 Å². The number of nitrogens with zero attached hydrogens (tertiary/aromatic N) is 2. The van der Waals surface area contributed by atoms with E-state index in [-0.39, 0.29) is 17.1 Å². The quantitative estimate of drug-likeness (QED) is 0.469. The molecule has 0 spiro atoms. The Morgan fingerprint density at radius 3 is 2.64 bits per heavy atom. The number of furan rings is 2. The van der Waals surface area contributed by atoms with Crippen LogP contribution in [0.2, 0.25) is 0 Å². The molecule has 33 heavy (non-hydrogen) atoms. The number of methoxy groups -OCH3 is 1. The van der Waals surface area contributed by atoms with E-state index in [1.165, 1.54) is 18.3 Å². The Hall–Kier alpha value is -4.14. The molecular formula is C24H23N3O6. The van der Waals surface area contributed by atoms with Crippen LogP contribution in [-0.2, 0) is 11.2 Å². The summed E-state index contributed by atoms with van der Waals surface area (Å²) in [5.74, 6) is -0.450. The second-order valence-corrected chi connectivity index (χ2v) is 7.56. The molecule has 2 amide bonds. The topological polar surface area (TPSA) is 114 Å². The minimum atomic E-state index is -0.539. The number of anilines is 1. The van der Waals surface area contributed by atoms with Gasteiger partial charge in [0, 0.05) is 24.6 Å². The number of hydrogen-bond acceptors (Lipinski definition) is 7. The summed E-state index contributed by atoms with van der Waals surface area (Å²) in [6.07, 6.45) is 3.45. The second-order valence-electron chi connectivity index (χ2n) is 7.56. The summed E-state index contributed by atoms with van der Waals surface area (Å²) in [5.41, 5.74) is 5.16. The molecule has 0 aliphatic heterocycles. The Morgan fingerprint density at radius 1 is 1.12 bits per heavy atom. The SMILES string of the molecule is COC(=O)c1ccccc1N(C)C(=O)c1oc2c(c1C)/C(=N/NC(=O)c1ccco1)CCC2. The monoisotopic (exact) mass is 449 g/mol. The molecule has 1 aliphatic carbocycles. The normalized spacial score (nSPS) is 14.0. The van der Waals surface area contributed by atoms with Crippen molar-refractivity contribution in [2.75, 3.05) is 19.1 Å². The van der Waals surface area contributed by atoms with Gasteiger partial charge in [0.2, 0.25) is 0 Å². The van der Waals surface area contributed by atoms with Crippen molar-refractivity contribution in [3.63, 3.8) is 0 Å². The first-order valence-electron chi connectivity index (χ1n) is 10.4. The Labute approximate surface area is 190 Å². The number of benzene rings is 1. The maximum atomic E-state index is 13.3. The molecule has 0 bridgehead atoms. The van der Waals surface area contributed by atoms with Crippen LogP contribution in [0.1, 0.15) is 61.2 Å². The number of ether oxygens (including phenoxy) is 1. The maximum absolute atomic E-state index is 13.3. The molecular weight excluding hydrogens is 426 g/mol. The molecule has 2 heterocycles. The lowest BCUT2D eigenvalue weighted by Gasteiger charge is -2.19. The summed E-state index contributed by atoms with van der Waals surface area (Å²) in [7, 11) is 2.86. The molecule has 1 aliphatic rings. The maximum Gasteiger partial charge on any atom is 0.339 e. The van der Waals surface area contributed by atoms with Crippen molar-refractivity contribution in [3.05, 3.63) is 76.6 Å². The van der Waals surface area contributed by atoms with Gasteiger partial charge in [-0.1, -0.05) is 12.1 Å². The number of para-hydroxylation sites is 1. The highest BCUT2D eigenvalue weighted by Gasteiger charge is 2.30. The van der Waals surface area contributed by atoms with Crippen LogP contribution in [0.5, 0.6) is 0 Å². The van der Waals surface area contributed by atoms with Crippen LogP contribution >= 0.6 is 0 Å². The van der Waals surface area contributed by atoms with Gasteiger partial charge in [-0.05, 0) is 44.0 Å². The molecule has 1 aromatic carbocycles. The predicted molar refractivity (Wildman–Crippen MR) is 120 cm³/mol. The molecule has 0 radical (unpaired) electrons. The van der Waals surface area contributed by atoms with Gasteiger partial charge in [0.25, 0.3) is 5.91 Å². The van der Waals surface area contributed by atoms with Gasteiger partial charge in [-0.2, -0.15) is 5.10 Å². The van der Waals surface area contributed by atoms with E-state index in [0.717, 1.165) is 12.0 Å². The van der Waals surface area contributed by atoms with Gasteiger partial charge in [0.1, 0.15) is 5.76 Å². The third kappa shape index (κ3) is 4.17. The lowest BCUT2D eigenvalue weighted by Crippen LogP contribution is -2.28. The van der Waals surface area contributed by atoms with E-state index in [9.17, 15) is 14.4 Å². The molecule has 0 unspecified atom stereocenters. The van der Waals surface area contributed by atoms with Crippen molar-refractivity contribution < 1.29 is 28.0 Å². The molecule has 9 heteroatoms. The Bertz CT molecular complexity index is 1240. The number of rotatable bonds is 5. The van der Waals surface area contributed by atoms with Gasteiger partial charge < -0.3 is 18.5 Å². The largest absolute Gasteiger partial charge is 0.465 e. The molecule has 0 saturated carbocycles. The molecule has 3 aromatic rings. The molecule has 4 rings (SSSR count). The first kappa shape index (κ1) is 22.1. The van der Waals surface area contributed by atoms with Crippen LogP contribution in [0.3, 0.4) is 0 Å². The number of hydrazone groups is 1. The average Bonchev–Trinajstić information content (AvgIpc) is 3.50. The lowest BCUT2D eigenvalue weighted by atomic mass is 9.93. The Kier molecular flexibility index (Phi) is 6.12. The minimum absolute atomic E-state index is 0.154. The summed E-state index contributed by atoms with van der Waals surface area (Å²) >= 11 is 0. The number of fused-ring (bicyclic) bond motifs is 1. The van der Waals surface area contributed by atoms with Gasteiger partial charge in [-0.3, -0.25) is 9.59 Å². The first-order valence-corrected chi connectivity index (χ1v) is 10.4. The van der Waals surface area contributed by atoms with Crippen LogP contribution in [-0.4, -0.2) is 37.7 Å². The van der Waals surface area contributed by atoms with Gasteiger partial charge in [-0.25, -0.2) is 10.2 Å². The Balaban J connectivity index is 1.64. The molecule has 0 atom stereocenters. The molecule has 0 fully saturated rings. The van der Waals surface area contributed by atoms with Crippen molar-refractivity contribution in [2.24, 2.45) is 5.10 Å². The zero-order chi connectivity index (χ0) is 23.5. The average molecular weight is 449 g/mol. The van der Waals surface area contributed by atoms with Gasteiger partial charge in [0.15, 0.2) is 11.5 Å². The van der Waals surface area contributed by atoms with E-state index in [1.54, 1.807) is 50.4 Å². The van der Waals surface area contributed by atoms with E-state index in [4.69, 9.17) is 13.6 Å². The molecule has 0 saturated heterocycles. The van der Waals surface area contributed by atoms with E-state index >= 15 is 0 Å². The van der Waals surface area contributed by atoms with Gasteiger partial charge in [0.05, 0.1) is 30.3 Å². The number of amides is 2. The van der Waals surface area contributed by atoms with E-state index in [0.29, 0.717) is 35.6 Å². The minimum Gasteiger partial charge on any atom is -0.465 e. The highest BCUT2D eigenvalue weighted by Crippen LogP contribution is 2.32. The third-order valence-corrected chi connectivity index (χ3v) is 5.53. The van der Waals surface area contributed by atoms with E-state index in [1.807, 2.05) is 0 Å². The molecule has 9 nitrogen and oxygen atoms in total. The predicted octanol–water partition coefficient (Wildman–Crippen LogP) is 3.71. The highest BCUT2D eigenvalue weighted by atomic mass is 16.5. The van der Waals surface area contributed by atoms with Gasteiger partial charge >= 0.3 is 11.9 Å². The number of aryl methyl sites for hydroxylation is 1. The van der Waals surface area contributed by atoms with Crippen molar-refractivity contribution >= 4 is 29.2 Å². The smallest absolute Gasteiger partial charge is 0.339 e. The van der Waals surface area contributed by atoms with Crippen LogP contribution < -0.4 is 10.3 Å². The zero-order valence-electron chi connectivity index (χ0n) is 18.5. The summed E-state index contributed by atoms with van der Waals surface area (Å²) in [5, 5.41) is 4.28. The van der Waals surface area contributed by atoms with E-state index < -0.39 is 17.8 Å². The van der Waals surface area contributed by atoms with Crippen LogP contribution in [0.25, 0.3) is 0 Å². The number of nitrogens with one attached hydrogen (secondary N) is 1. The fourth-order valence-electron chi connectivity index (χ4n) is 3.88. The van der Waals surface area contributed by atoms with Crippen molar-refractivity contribution in [1.82, 2.24) is 5.43 Å².